The van der Waals surface area contributed by atoms with Crippen molar-refractivity contribution in [2.45, 2.75) is 26.8 Å². The number of carbonyl (C=O) groups excluding carboxylic acids is 2. The van der Waals surface area contributed by atoms with Crippen LogP contribution in [0.5, 0.6) is 0 Å². The van der Waals surface area contributed by atoms with Crippen LogP contribution in [-0.4, -0.2) is 28.7 Å². The second-order valence-electron chi connectivity index (χ2n) is 5.44. The van der Waals surface area contributed by atoms with E-state index in [1.165, 1.54) is 30.1 Å². The van der Waals surface area contributed by atoms with Gasteiger partial charge in [-0.05, 0) is 31.0 Å². The summed E-state index contributed by atoms with van der Waals surface area (Å²) in [6, 6.07) is 7.49. The second kappa shape index (κ2) is 7.02. The number of hydrogen-bond donors (Lipinski definition) is 0. The first-order valence-electron chi connectivity index (χ1n) is 7.73. The topological polar surface area (TPSA) is 86.7 Å². The van der Waals surface area contributed by atoms with E-state index in [0.29, 0.717) is 10.6 Å². The predicted molar refractivity (Wildman–Crippen MR) is 92.3 cm³/mol. The summed E-state index contributed by atoms with van der Waals surface area (Å²) in [4.78, 5) is 28.6. The molecule has 0 atom stereocenters. The van der Waals surface area contributed by atoms with E-state index in [1.807, 2.05) is 18.2 Å². The highest BCUT2D eigenvalue weighted by molar-refractivity contribution is 7.16. The highest BCUT2D eigenvalue weighted by atomic mass is 32.1. The molecule has 3 aromatic rings. The van der Waals surface area contributed by atoms with Gasteiger partial charge in [-0.1, -0.05) is 29.5 Å². The molecule has 0 aliphatic carbocycles. The van der Waals surface area contributed by atoms with Crippen molar-refractivity contribution in [1.82, 2.24) is 9.72 Å². The zero-order valence-electron chi connectivity index (χ0n) is 14.1. The lowest BCUT2D eigenvalue weighted by molar-refractivity contribution is -0.141. The Hall–Kier alpha value is -2.74. The van der Waals surface area contributed by atoms with E-state index in [4.69, 9.17) is 9.26 Å². The molecule has 0 N–H and O–H groups in total. The summed E-state index contributed by atoms with van der Waals surface area (Å²) in [6.07, 6.45) is 0.897. The molecule has 7 nitrogen and oxygen atoms in total. The molecule has 1 aromatic carbocycles. The van der Waals surface area contributed by atoms with E-state index in [9.17, 15) is 9.59 Å². The average Bonchev–Trinajstić information content (AvgIpc) is 3.18. The molecular weight excluding hydrogens is 342 g/mol. The summed E-state index contributed by atoms with van der Waals surface area (Å²) in [5, 5.41) is 3.69. The number of amides is 1. The number of nitrogens with zero attached hydrogens (tertiary/aromatic N) is 3. The number of aromatic nitrogens is 2. The van der Waals surface area contributed by atoms with Crippen LogP contribution in [0.3, 0.4) is 0 Å². The zero-order valence-corrected chi connectivity index (χ0v) is 14.9. The lowest BCUT2D eigenvalue weighted by Crippen LogP contribution is -2.22. The third-order valence-electron chi connectivity index (χ3n) is 3.71. The van der Waals surface area contributed by atoms with Crippen molar-refractivity contribution in [3.05, 3.63) is 46.1 Å². The van der Waals surface area contributed by atoms with Crippen LogP contribution in [-0.2, 0) is 22.5 Å². The lowest BCUT2D eigenvalue weighted by atomic mass is 10.2. The van der Waals surface area contributed by atoms with Gasteiger partial charge in [-0.15, -0.1) is 0 Å². The first kappa shape index (κ1) is 17.1. The molecule has 25 heavy (non-hydrogen) atoms. The van der Waals surface area contributed by atoms with Gasteiger partial charge in [0.15, 0.2) is 10.5 Å². The van der Waals surface area contributed by atoms with E-state index in [2.05, 4.69) is 17.1 Å². The van der Waals surface area contributed by atoms with Crippen LogP contribution in [0.25, 0.3) is 10.2 Å². The summed E-state index contributed by atoms with van der Waals surface area (Å²) in [6.45, 7) is 3.75. The number of ether oxygens (including phenoxy) is 1. The molecule has 0 saturated carbocycles. The number of aryl methyl sites for hydroxylation is 2. The standard InChI is InChI=1S/C17H17N3O4S/c1-4-11-5-6-13-14(8-11)25-17(20(13)9-15(21)23-3)18-16(22)12-7-10(2)24-19-12/h5-8H,4,9H2,1-3H3. The Morgan fingerprint density at radius 1 is 1.36 bits per heavy atom. The smallest absolute Gasteiger partial charge is 0.325 e. The van der Waals surface area contributed by atoms with E-state index >= 15 is 0 Å². The summed E-state index contributed by atoms with van der Waals surface area (Å²) in [5.74, 6) is -0.395. The molecule has 1 amide bonds. The molecule has 0 unspecified atom stereocenters. The summed E-state index contributed by atoms with van der Waals surface area (Å²) in [7, 11) is 1.33. The van der Waals surface area contributed by atoms with Crippen molar-refractivity contribution in [2.75, 3.05) is 7.11 Å². The molecule has 0 aliphatic rings. The molecule has 0 saturated heterocycles. The van der Waals surface area contributed by atoms with Crippen molar-refractivity contribution < 1.29 is 18.8 Å². The SMILES string of the molecule is CCc1ccc2c(c1)sc(=NC(=O)c1cc(C)on1)n2CC(=O)OC. The van der Waals surface area contributed by atoms with Gasteiger partial charge >= 0.3 is 11.9 Å². The number of fused-ring (bicyclic) bond motifs is 1. The highest BCUT2D eigenvalue weighted by Crippen LogP contribution is 2.20. The average molecular weight is 359 g/mol. The van der Waals surface area contributed by atoms with E-state index < -0.39 is 11.9 Å². The van der Waals surface area contributed by atoms with Gasteiger partial charge in [0, 0.05) is 6.07 Å². The fourth-order valence-corrected chi connectivity index (χ4v) is 3.47. The maximum atomic E-state index is 12.3. The first-order chi connectivity index (χ1) is 12.0. The van der Waals surface area contributed by atoms with E-state index in [-0.39, 0.29) is 12.2 Å². The minimum absolute atomic E-state index is 0.0219. The Morgan fingerprint density at radius 3 is 2.80 bits per heavy atom. The number of rotatable bonds is 4. The molecule has 0 bridgehead atoms. The van der Waals surface area contributed by atoms with Crippen molar-refractivity contribution in [3.8, 4) is 0 Å². The molecule has 3 rings (SSSR count). The number of esters is 1. The molecule has 0 radical (unpaired) electrons. The molecule has 0 spiro atoms. The fraction of sp³-hybridized carbons (Fsp3) is 0.294. The van der Waals surface area contributed by atoms with Crippen LogP contribution in [0, 0.1) is 6.92 Å². The van der Waals surface area contributed by atoms with Crippen LogP contribution < -0.4 is 4.80 Å². The predicted octanol–water partition coefficient (Wildman–Crippen LogP) is 2.48. The third kappa shape index (κ3) is 3.53. The summed E-state index contributed by atoms with van der Waals surface area (Å²) >= 11 is 1.35. The first-order valence-corrected chi connectivity index (χ1v) is 8.55. The van der Waals surface area contributed by atoms with E-state index in [0.717, 1.165) is 16.6 Å². The van der Waals surface area contributed by atoms with Gasteiger partial charge in [-0.2, -0.15) is 4.99 Å². The Balaban J connectivity index is 2.14. The van der Waals surface area contributed by atoms with Crippen LogP contribution >= 0.6 is 11.3 Å². The zero-order chi connectivity index (χ0) is 18.0. The van der Waals surface area contributed by atoms with Gasteiger partial charge in [0.25, 0.3) is 0 Å². The Kier molecular flexibility index (Phi) is 4.80. The van der Waals surface area contributed by atoms with Crippen molar-refractivity contribution in [1.29, 1.82) is 0 Å². The molecule has 0 fully saturated rings. The van der Waals surface area contributed by atoms with Crippen molar-refractivity contribution in [3.63, 3.8) is 0 Å². The molecule has 2 heterocycles. The number of thiazole rings is 1. The minimum atomic E-state index is -0.516. The number of carbonyl (C=O) groups is 2. The van der Waals surface area contributed by atoms with Crippen LogP contribution in [0.1, 0.15) is 28.7 Å². The van der Waals surface area contributed by atoms with Gasteiger partial charge in [-0.25, -0.2) is 0 Å². The molecule has 2 aromatic heterocycles. The van der Waals surface area contributed by atoms with Crippen LogP contribution in [0.15, 0.2) is 33.8 Å². The minimum Gasteiger partial charge on any atom is -0.468 e. The summed E-state index contributed by atoms with van der Waals surface area (Å²) in [5.41, 5.74) is 2.13. The maximum Gasteiger partial charge on any atom is 0.325 e. The Labute approximate surface area is 147 Å². The molecule has 8 heteroatoms. The van der Waals surface area contributed by atoms with Gasteiger partial charge in [0.1, 0.15) is 12.3 Å². The quantitative estimate of drug-likeness (QED) is 0.668. The number of benzene rings is 1. The van der Waals surface area contributed by atoms with Gasteiger partial charge in [-0.3, -0.25) is 9.59 Å². The van der Waals surface area contributed by atoms with E-state index in [1.54, 1.807) is 11.5 Å². The molecule has 0 aliphatic heterocycles. The number of hydrogen-bond acceptors (Lipinski definition) is 6. The largest absolute Gasteiger partial charge is 0.468 e. The van der Waals surface area contributed by atoms with Gasteiger partial charge in [0.2, 0.25) is 0 Å². The van der Waals surface area contributed by atoms with Crippen LogP contribution in [0.2, 0.25) is 0 Å². The van der Waals surface area contributed by atoms with Crippen LogP contribution in [0.4, 0.5) is 0 Å². The monoisotopic (exact) mass is 359 g/mol. The van der Waals surface area contributed by atoms with Crippen molar-refractivity contribution in [2.24, 2.45) is 4.99 Å². The highest BCUT2D eigenvalue weighted by Gasteiger charge is 2.14. The fourth-order valence-electron chi connectivity index (χ4n) is 2.38. The molecule has 130 valence electrons. The summed E-state index contributed by atoms with van der Waals surface area (Å²) < 4.78 is 12.3. The van der Waals surface area contributed by atoms with Gasteiger partial charge in [0.05, 0.1) is 17.3 Å². The number of methoxy groups -OCH3 is 1. The van der Waals surface area contributed by atoms with Crippen molar-refractivity contribution >= 4 is 33.4 Å². The normalized spacial score (nSPS) is 11.9. The Bertz CT molecular complexity index is 1010. The maximum absolute atomic E-state index is 12.3. The lowest BCUT2D eigenvalue weighted by Gasteiger charge is -2.04. The van der Waals surface area contributed by atoms with Gasteiger partial charge < -0.3 is 13.8 Å². The third-order valence-corrected chi connectivity index (χ3v) is 4.76. The molecular formula is C17H17N3O4S. The second-order valence-corrected chi connectivity index (χ2v) is 6.45. The Morgan fingerprint density at radius 2 is 2.16 bits per heavy atom.